The average Bonchev–Trinajstić information content (AvgIpc) is 2.59. The number of rotatable bonds is 9. The van der Waals surface area contributed by atoms with E-state index in [-0.39, 0.29) is 18.1 Å². The molecule has 0 heterocycles. The minimum atomic E-state index is -0.602. The molecule has 1 amide bonds. The van der Waals surface area contributed by atoms with Crippen molar-refractivity contribution in [2.45, 2.75) is 39.5 Å². The van der Waals surface area contributed by atoms with Crippen molar-refractivity contribution in [2.24, 2.45) is 5.92 Å². The predicted molar refractivity (Wildman–Crippen MR) is 87.8 cm³/mol. The minimum absolute atomic E-state index is 0.270. The molecule has 1 aromatic rings. The molecule has 0 spiro atoms. The highest BCUT2D eigenvalue weighted by atomic mass is 16.5. The molecule has 1 atom stereocenters. The lowest BCUT2D eigenvalue weighted by Gasteiger charge is -2.15. The molecule has 0 aromatic heterocycles. The zero-order valence-electron chi connectivity index (χ0n) is 13.8. The second kappa shape index (κ2) is 10.4. The van der Waals surface area contributed by atoms with Gasteiger partial charge in [-0.3, -0.25) is 4.79 Å². The summed E-state index contributed by atoms with van der Waals surface area (Å²) in [6.07, 6.45) is 4.40. The van der Waals surface area contributed by atoms with Gasteiger partial charge in [-0.15, -0.1) is 0 Å². The Bertz CT molecular complexity index is 564. The maximum absolute atomic E-state index is 11.8. The second-order valence-electron chi connectivity index (χ2n) is 5.49. The normalized spacial score (nSPS) is 11.3. The van der Waals surface area contributed by atoms with Crippen LogP contribution in [0.25, 0.3) is 0 Å². The molecule has 0 bridgehead atoms. The lowest BCUT2D eigenvalue weighted by atomic mass is 9.99. The number of hydrogen-bond acceptors (Lipinski definition) is 4. The highest BCUT2D eigenvalue weighted by molar-refractivity contribution is 5.91. The molecule has 0 aliphatic carbocycles. The molecular weight excluding hydrogens is 292 g/mol. The zero-order valence-corrected chi connectivity index (χ0v) is 13.8. The van der Waals surface area contributed by atoms with Crippen LogP contribution >= 0.6 is 0 Å². The summed E-state index contributed by atoms with van der Waals surface area (Å²) in [6.45, 7) is 4.55. The van der Waals surface area contributed by atoms with E-state index >= 15 is 0 Å². The van der Waals surface area contributed by atoms with E-state index in [2.05, 4.69) is 19.2 Å². The molecule has 0 saturated carbocycles. The first-order valence-corrected chi connectivity index (χ1v) is 8.04. The maximum atomic E-state index is 11.8. The fraction of sp³-hybridized carbons (Fsp3) is 0.500. The monoisotopic (exact) mass is 316 g/mol. The van der Waals surface area contributed by atoms with Crippen LogP contribution in [0.5, 0.6) is 0 Å². The Balaban J connectivity index is 2.37. The molecule has 0 aliphatic heterocycles. The minimum Gasteiger partial charge on any atom is -0.452 e. The molecule has 0 aliphatic rings. The van der Waals surface area contributed by atoms with Crippen molar-refractivity contribution < 1.29 is 14.3 Å². The number of amides is 1. The average molecular weight is 316 g/mol. The first-order valence-electron chi connectivity index (χ1n) is 8.04. The number of esters is 1. The van der Waals surface area contributed by atoms with E-state index in [4.69, 9.17) is 10.00 Å². The molecule has 0 unspecified atom stereocenters. The molecule has 1 rings (SSSR count). The van der Waals surface area contributed by atoms with E-state index in [1.54, 1.807) is 18.2 Å². The van der Waals surface area contributed by atoms with E-state index in [9.17, 15) is 9.59 Å². The Kier molecular flexibility index (Phi) is 8.45. The van der Waals surface area contributed by atoms with Crippen LogP contribution in [0.1, 0.15) is 55.5 Å². The van der Waals surface area contributed by atoms with Crippen LogP contribution in [0.3, 0.4) is 0 Å². The van der Waals surface area contributed by atoms with E-state index in [1.165, 1.54) is 6.07 Å². The van der Waals surface area contributed by atoms with Gasteiger partial charge in [0, 0.05) is 6.54 Å². The molecule has 1 aromatic carbocycles. The van der Waals surface area contributed by atoms with Gasteiger partial charge in [-0.05, 0) is 30.5 Å². The van der Waals surface area contributed by atoms with Crippen LogP contribution in [0.15, 0.2) is 24.3 Å². The third-order valence-electron chi connectivity index (χ3n) is 3.69. The van der Waals surface area contributed by atoms with E-state index in [1.807, 2.05) is 6.07 Å². The fourth-order valence-electron chi connectivity index (χ4n) is 2.18. The standard InChI is InChI=1S/C18H24N2O3/c1-3-5-7-14(4-2)12-20-17(21)13-23-18(22)16-9-6-8-15(10-16)11-19/h6,8-10,14H,3-5,7,12-13H2,1-2H3,(H,20,21)/t14-/m0/s1. The highest BCUT2D eigenvalue weighted by Gasteiger charge is 2.12. The van der Waals surface area contributed by atoms with Gasteiger partial charge in [0.25, 0.3) is 5.91 Å². The molecule has 0 radical (unpaired) electrons. The quantitative estimate of drug-likeness (QED) is 0.710. The van der Waals surface area contributed by atoms with Crippen molar-refractivity contribution in [2.75, 3.05) is 13.2 Å². The largest absolute Gasteiger partial charge is 0.452 e. The number of nitrogens with one attached hydrogen (secondary N) is 1. The van der Waals surface area contributed by atoms with Gasteiger partial charge < -0.3 is 10.1 Å². The fourth-order valence-corrected chi connectivity index (χ4v) is 2.18. The summed E-state index contributed by atoms with van der Waals surface area (Å²) >= 11 is 0. The summed E-state index contributed by atoms with van der Waals surface area (Å²) in [5, 5.41) is 11.6. The Morgan fingerprint density at radius 1 is 1.35 bits per heavy atom. The van der Waals surface area contributed by atoms with Gasteiger partial charge in [0.15, 0.2) is 6.61 Å². The molecular formula is C18H24N2O3. The second-order valence-corrected chi connectivity index (χ2v) is 5.49. The summed E-state index contributed by atoms with van der Waals surface area (Å²) in [5.74, 6) is -0.443. The highest BCUT2D eigenvalue weighted by Crippen LogP contribution is 2.11. The molecule has 0 saturated heterocycles. The molecule has 124 valence electrons. The topological polar surface area (TPSA) is 79.2 Å². The van der Waals surface area contributed by atoms with Gasteiger partial charge in [-0.25, -0.2) is 4.79 Å². The lowest BCUT2D eigenvalue weighted by Crippen LogP contribution is -2.32. The van der Waals surface area contributed by atoms with Crippen LogP contribution in [-0.2, 0) is 9.53 Å². The Morgan fingerprint density at radius 2 is 2.13 bits per heavy atom. The van der Waals surface area contributed by atoms with E-state index in [0.717, 1.165) is 25.7 Å². The van der Waals surface area contributed by atoms with Crippen LogP contribution in [0, 0.1) is 17.2 Å². The molecule has 5 heteroatoms. The number of benzene rings is 1. The number of hydrogen-bond donors (Lipinski definition) is 1. The third kappa shape index (κ3) is 6.96. The maximum Gasteiger partial charge on any atom is 0.338 e. The van der Waals surface area contributed by atoms with Gasteiger partial charge in [-0.2, -0.15) is 5.26 Å². The van der Waals surface area contributed by atoms with Gasteiger partial charge in [0.05, 0.1) is 17.2 Å². The first-order chi connectivity index (χ1) is 11.1. The summed E-state index contributed by atoms with van der Waals surface area (Å²) < 4.78 is 4.98. The molecule has 23 heavy (non-hydrogen) atoms. The number of carbonyl (C=O) groups excluding carboxylic acids is 2. The van der Waals surface area contributed by atoms with Crippen molar-refractivity contribution in [1.82, 2.24) is 5.32 Å². The number of nitrogens with zero attached hydrogens (tertiary/aromatic N) is 1. The van der Waals surface area contributed by atoms with Crippen LogP contribution in [0.4, 0.5) is 0 Å². The number of nitriles is 1. The summed E-state index contributed by atoms with van der Waals surface area (Å²) in [5.41, 5.74) is 0.650. The third-order valence-corrected chi connectivity index (χ3v) is 3.69. The Hall–Kier alpha value is -2.35. The van der Waals surface area contributed by atoms with Gasteiger partial charge in [0.2, 0.25) is 0 Å². The summed E-state index contributed by atoms with van der Waals surface area (Å²) in [7, 11) is 0. The Morgan fingerprint density at radius 3 is 2.78 bits per heavy atom. The predicted octanol–water partition coefficient (Wildman–Crippen LogP) is 3.05. The SMILES string of the molecule is CCCC[C@H](CC)CNC(=O)COC(=O)c1cccc(C#N)c1. The van der Waals surface area contributed by atoms with Gasteiger partial charge >= 0.3 is 5.97 Å². The van der Waals surface area contributed by atoms with Crippen molar-refractivity contribution in [3.63, 3.8) is 0 Å². The first kappa shape index (κ1) is 18.7. The van der Waals surface area contributed by atoms with Crippen LogP contribution in [0.2, 0.25) is 0 Å². The van der Waals surface area contributed by atoms with Crippen LogP contribution in [-0.4, -0.2) is 25.0 Å². The molecule has 5 nitrogen and oxygen atoms in total. The van der Waals surface area contributed by atoms with E-state index < -0.39 is 5.97 Å². The zero-order chi connectivity index (χ0) is 17.1. The molecule has 1 N–H and O–H groups in total. The van der Waals surface area contributed by atoms with Crippen molar-refractivity contribution in [3.05, 3.63) is 35.4 Å². The van der Waals surface area contributed by atoms with E-state index in [0.29, 0.717) is 18.0 Å². The smallest absolute Gasteiger partial charge is 0.338 e. The lowest BCUT2D eigenvalue weighted by molar-refractivity contribution is -0.124. The molecule has 0 fully saturated rings. The summed E-state index contributed by atoms with van der Waals surface area (Å²) in [4.78, 5) is 23.6. The van der Waals surface area contributed by atoms with Crippen molar-refractivity contribution >= 4 is 11.9 Å². The number of carbonyl (C=O) groups is 2. The van der Waals surface area contributed by atoms with Crippen LogP contribution < -0.4 is 5.32 Å². The number of ether oxygens (including phenoxy) is 1. The van der Waals surface area contributed by atoms with Gasteiger partial charge in [0.1, 0.15) is 0 Å². The van der Waals surface area contributed by atoms with Crippen molar-refractivity contribution in [3.8, 4) is 6.07 Å². The summed E-state index contributed by atoms with van der Waals surface area (Å²) in [6, 6.07) is 8.16. The Labute approximate surface area is 137 Å². The van der Waals surface area contributed by atoms with Crippen molar-refractivity contribution in [1.29, 1.82) is 5.26 Å². The number of unbranched alkanes of at least 4 members (excludes halogenated alkanes) is 1. The van der Waals surface area contributed by atoms with Gasteiger partial charge in [-0.1, -0.05) is 39.2 Å².